The second-order valence-corrected chi connectivity index (χ2v) is 9.69. The van der Waals surface area contributed by atoms with Gasteiger partial charge in [0, 0.05) is 13.6 Å². The zero-order valence-corrected chi connectivity index (χ0v) is 19.9. The molecule has 0 heterocycles. The molecule has 0 saturated carbocycles. The van der Waals surface area contributed by atoms with E-state index in [0.29, 0.717) is 28.3 Å². The molecule has 0 saturated heterocycles. The lowest BCUT2D eigenvalue weighted by atomic mass is 10.1. The lowest BCUT2D eigenvalue weighted by Gasteiger charge is -2.31. The molecule has 1 unspecified atom stereocenters. The van der Waals surface area contributed by atoms with Crippen molar-refractivity contribution >= 4 is 39.1 Å². The van der Waals surface area contributed by atoms with Gasteiger partial charge in [0.05, 0.1) is 22.5 Å². The van der Waals surface area contributed by atoms with E-state index < -0.39 is 57.7 Å². The fraction of sp³-hybridized carbons (Fsp3) is 0.333. The Hall–Kier alpha value is -2.86. The smallest absolute Gasteiger partial charge is 0.357 e. The first kappa shape index (κ1) is 27.4. The van der Waals surface area contributed by atoms with Crippen molar-refractivity contribution < 1.29 is 35.6 Å². The summed E-state index contributed by atoms with van der Waals surface area (Å²) >= 11 is 5.99. The zero-order chi connectivity index (χ0) is 25.8. The van der Waals surface area contributed by atoms with Gasteiger partial charge >= 0.3 is 6.18 Å². The fourth-order valence-corrected chi connectivity index (χ4v) is 4.18. The van der Waals surface area contributed by atoms with Crippen molar-refractivity contribution in [3.8, 4) is 0 Å². The maximum absolute atomic E-state index is 13.3. The number of anilines is 1. The lowest BCUT2D eigenvalue weighted by molar-refractivity contribution is -0.139. The molecular formula is C21H22ClF4N3O4S. The molecule has 0 spiro atoms. The van der Waals surface area contributed by atoms with Crippen LogP contribution in [0.2, 0.25) is 5.02 Å². The summed E-state index contributed by atoms with van der Waals surface area (Å²) in [6, 6.07) is 6.06. The molecule has 2 aromatic rings. The van der Waals surface area contributed by atoms with Crippen LogP contribution in [0.15, 0.2) is 42.5 Å². The minimum absolute atomic E-state index is 0.193. The maximum Gasteiger partial charge on any atom is 0.416 e. The summed E-state index contributed by atoms with van der Waals surface area (Å²) in [5.74, 6) is -1.98. The van der Waals surface area contributed by atoms with Crippen LogP contribution >= 0.6 is 11.6 Å². The van der Waals surface area contributed by atoms with Crippen molar-refractivity contribution in [3.63, 3.8) is 0 Å². The number of halogens is 5. The van der Waals surface area contributed by atoms with E-state index in [9.17, 15) is 35.6 Å². The van der Waals surface area contributed by atoms with Crippen molar-refractivity contribution in [1.29, 1.82) is 0 Å². The van der Waals surface area contributed by atoms with Crippen LogP contribution in [0.1, 0.15) is 18.1 Å². The molecule has 2 amide bonds. The number of nitrogens with zero attached hydrogens (tertiary/aromatic N) is 2. The van der Waals surface area contributed by atoms with Gasteiger partial charge in [0.2, 0.25) is 21.8 Å². The van der Waals surface area contributed by atoms with Crippen LogP contribution in [0.5, 0.6) is 0 Å². The Kier molecular flexibility index (Phi) is 8.54. The highest BCUT2D eigenvalue weighted by Gasteiger charge is 2.34. The summed E-state index contributed by atoms with van der Waals surface area (Å²) < 4.78 is 78.2. The van der Waals surface area contributed by atoms with Crippen LogP contribution in [0.4, 0.5) is 23.2 Å². The van der Waals surface area contributed by atoms with Gasteiger partial charge in [-0.3, -0.25) is 13.9 Å². The number of carbonyl (C=O) groups is 2. The van der Waals surface area contributed by atoms with Crippen LogP contribution in [-0.4, -0.2) is 51.0 Å². The number of nitrogens with one attached hydrogen (secondary N) is 1. The number of benzene rings is 2. The molecule has 0 aromatic heterocycles. The van der Waals surface area contributed by atoms with Crippen LogP contribution in [0, 0.1) is 5.82 Å². The Labute approximate surface area is 199 Å². The Morgan fingerprint density at radius 2 is 1.71 bits per heavy atom. The molecule has 1 atom stereocenters. The standard InChI is InChI=1S/C21H22ClF4N3O4S/c1-13(20(31)27-2)28(11-14-4-7-16(23)8-5-14)19(30)12-29(34(3,32)33)18-10-15(21(24,25)26)6-9-17(18)22/h4-10,13H,11-12H2,1-3H3,(H,27,31). The monoisotopic (exact) mass is 523 g/mol. The third-order valence-electron chi connectivity index (χ3n) is 4.90. The van der Waals surface area contributed by atoms with Gasteiger partial charge in [0.15, 0.2) is 0 Å². The first-order valence-corrected chi connectivity index (χ1v) is 12.0. The highest BCUT2D eigenvalue weighted by molar-refractivity contribution is 7.92. The van der Waals surface area contributed by atoms with E-state index in [1.54, 1.807) is 0 Å². The second kappa shape index (κ2) is 10.6. The minimum Gasteiger partial charge on any atom is -0.357 e. The van der Waals surface area contributed by atoms with E-state index in [1.807, 2.05) is 0 Å². The molecule has 1 N–H and O–H groups in total. The summed E-state index contributed by atoms with van der Waals surface area (Å²) in [6.45, 7) is 0.270. The van der Waals surface area contributed by atoms with Crippen LogP contribution in [0.3, 0.4) is 0 Å². The molecular weight excluding hydrogens is 502 g/mol. The third kappa shape index (κ3) is 6.83. The van der Waals surface area contributed by atoms with Gasteiger partial charge in [0.25, 0.3) is 0 Å². The molecule has 0 aliphatic rings. The third-order valence-corrected chi connectivity index (χ3v) is 6.35. The van der Waals surface area contributed by atoms with Crippen LogP contribution < -0.4 is 9.62 Å². The van der Waals surface area contributed by atoms with Crippen LogP contribution in [0.25, 0.3) is 0 Å². The first-order chi connectivity index (χ1) is 15.6. The topological polar surface area (TPSA) is 86.8 Å². The summed E-state index contributed by atoms with van der Waals surface area (Å²) in [5, 5.41) is 2.05. The second-order valence-electron chi connectivity index (χ2n) is 7.37. The Bertz CT molecular complexity index is 1160. The molecule has 2 rings (SSSR count). The summed E-state index contributed by atoms with van der Waals surface area (Å²) in [5.41, 5.74) is -1.26. The van der Waals surface area contributed by atoms with Gasteiger partial charge in [-0.25, -0.2) is 12.8 Å². The van der Waals surface area contributed by atoms with E-state index in [0.717, 1.165) is 23.1 Å². The van der Waals surface area contributed by atoms with E-state index in [-0.39, 0.29) is 11.6 Å². The largest absolute Gasteiger partial charge is 0.416 e. The van der Waals surface area contributed by atoms with Crippen molar-refractivity contribution in [1.82, 2.24) is 10.2 Å². The number of rotatable bonds is 8. The Morgan fingerprint density at radius 3 is 2.21 bits per heavy atom. The first-order valence-electron chi connectivity index (χ1n) is 9.75. The number of alkyl halides is 3. The van der Waals surface area contributed by atoms with Crippen molar-refractivity contribution in [3.05, 3.63) is 64.4 Å². The zero-order valence-electron chi connectivity index (χ0n) is 18.4. The summed E-state index contributed by atoms with van der Waals surface area (Å²) in [6.07, 6.45) is -4.07. The van der Waals surface area contributed by atoms with Gasteiger partial charge in [-0.2, -0.15) is 13.2 Å². The maximum atomic E-state index is 13.3. The van der Waals surface area contributed by atoms with E-state index >= 15 is 0 Å². The molecule has 34 heavy (non-hydrogen) atoms. The van der Waals surface area contributed by atoms with E-state index in [1.165, 1.54) is 26.1 Å². The quantitative estimate of drug-likeness (QED) is 0.537. The molecule has 0 radical (unpaired) electrons. The van der Waals surface area contributed by atoms with Crippen LogP contribution in [-0.2, 0) is 32.3 Å². The van der Waals surface area contributed by atoms with E-state index in [2.05, 4.69) is 5.32 Å². The Morgan fingerprint density at radius 1 is 1.12 bits per heavy atom. The van der Waals surface area contributed by atoms with E-state index in [4.69, 9.17) is 11.6 Å². The summed E-state index contributed by atoms with van der Waals surface area (Å²) in [7, 11) is -2.94. The average Bonchev–Trinajstić information content (AvgIpc) is 2.74. The van der Waals surface area contributed by atoms with Gasteiger partial charge in [-0.05, 0) is 42.8 Å². The molecule has 0 aliphatic carbocycles. The predicted octanol–water partition coefficient (Wildman–Crippen LogP) is 3.43. The van der Waals surface area contributed by atoms with Gasteiger partial charge in [-0.15, -0.1) is 0 Å². The normalized spacial score (nSPS) is 12.7. The number of hydrogen-bond acceptors (Lipinski definition) is 4. The SMILES string of the molecule is CNC(=O)C(C)N(Cc1ccc(F)cc1)C(=O)CN(c1cc(C(F)(F)F)ccc1Cl)S(C)(=O)=O. The molecule has 13 heteroatoms. The lowest BCUT2D eigenvalue weighted by Crippen LogP contribution is -2.50. The van der Waals surface area contributed by atoms with Crippen molar-refractivity contribution in [2.75, 3.05) is 24.2 Å². The highest BCUT2D eigenvalue weighted by Crippen LogP contribution is 2.36. The van der Waals surface area contributed by atoms with Gasteiger partial charge in [0.1, 0.15) is 18.4 Å². The number of carbonyl (C=O) groups excluding carboxylic acids is 2. The molecule has 0 bridgehead atoms. The number of likely N-dealkylation sites (N-methyl/N-ethyl adjacent to an activating group) is 1. The number of amides is 2. The predicted molar refractivity (Wildman–Crippen MR) is 119 cm³/mol. The molecule has 0 aliphatic heterocycles. The average molecular weight is 524 g/mol. The summed E-state index contributed by atoms with van der Waals surface area (Å²) in [4.78, 5) is 26.5. The molecule has 0 fully saturated rings. The fourth-order valence-electron chi connectivity index (χ4n) is 3.05. The highest BCUT2D eigenvalue weighted by atomic mass is 35.5. The molecule has 7 nitrogen and oxygen atoms in total. The van der Waals surface area contributed by atoms with Crippen molar-refractivity contribution in [2.24, 2.45) is 0 Å². The number of sulfonamides is 1. The van der Waals surface area contributed by atoms with Gasteiger partial charge < -0.3 is 10.2 Å². The van der Waals surface area contributed by atoms with Crippen molar-refractivity contribution in [2.45, 2.75) is 25.7 Å². The molecule has 2 aromatic carbocycles. The molecule has 186 valence electrons. The minimum atomic E-state index is -4.78. The Balaban J connectivity index is 2.48. The number of hydrogen-bond donors (Lipinski definition) is 1. The van der Waals surface area contributed by atoms with Gasteiger partial charge in [-0.1, -0.05) is 23.7 Å².